The standard InChI is InChI=1S/C6H10ClN3OS/c1-2-10-3(5(8)11)4(7)12-6(10)9/h6H,2,9H2,1H3,(H2,8,11). The Morgan fingerprint density at radius 2 is 2.42 bits per heavy atom. The first kappa shape index (κ1) is 9.70. The van der Waals surface area contributed by atoms with Crippen LogP contribution in [0.2, 0.25) is 0 Å². The number of hydrogen-bond acceptors (Lipinski definition) is 4. The minimum Gasteiger partial charge on any atom is -0.364 e. The van der Waals surface area contributed by atoms with Gasteiger partial charge >= 0.3 is 0 Å². The van der Waals surface area contributed by atoms with Crippen LogP contribution in [0, 0.1) is 0 Å². The molecule has 1 atom stereocenters. The van der Waals surface area contributed by atoms with Gasteiger partial charge in [0.2, 0.25) is 0 Å². The SMILES string of the molecule is CCN1C(C(N)=O)=C(Cl)SC1N. The lowest BCUT2D eigenvalue weighted by molar-refractivity contribution is -0.116. The topological polar surface area (TPSA) is 72.3 Å². The fourth-order valence-corrected chi connectivity index (χ4v) is 2.44. The summed E-state index contributed by atoms with van der Waals surface area (Å²) in [5.41, 5.74) is 10.8. The molecule has 1 aliphatic rings. The molecule has 12 heavy (non-hydrogen) atoms. The summed E-state index contributed by atoms with van der Waals surface area (Å²) in [6.45, 7) is 2.52. The zero-order valence-electron chi connectivity index (χ0n) is 6.58. The number of amides is 1. The monoisotopic (exact) mass is 207 g/mol. The number of rotatable bonds is 2. The molecular weight excluding hydrogens is 198 g/mol. The second-order valence-corrected chi connectivity index (χ2v) is 4.01. The van der Waals surface area contributed by atoms with Gasteiger partial charge in [-0.2, -0.15) is 0 Å². The van der Waals surface area contributed by atoms with Crippen molar-refractivity contribution in [3.05, 3.63) is 10.1 Å². The van der Waals surface area contributed by atoms with Gasteiger partial charge in [0.1, 0.15) is 15.6 Å². The van der Waals surface area contributed by atoms with E-state index >= 15 is 0 Å². The molecular formula is C6H10ClN3OS. The summed E-state index contributed by atoms with van der Waals surface area (Å²) in [6, 6.07) is 0. The molecule has 0 radical (unpaired) electrons. The van der Waals surface area contributed by atoms with Gasteiger partial charge in [-0.15, -0.1) is 0 Å². The number of carbonyl (C=O) groups is 1. The van der Waals surface area contributed by atoms with E-state index in [4.69, 9.17) is 23.1 Å². The smallest absolute Gasteiger partial charge is 0.267 e. The number of nitrogens with two attached hydrogens (primary N) is 2. The summed E-state index contributed by atoms with van der Waals surface area (Å²) in [4.78, 5) is 12.6. The number of hydrogen-bond donors (Lipinski definition) is 2. The zero-order valence-corrected chi connectivity index (χ0v) is 8.15. The van der Waals surface area contributed by atoms with Crippen molar-refractivity contribution in [2.75, 3.05) is 6.54 Å². The number of nitrogens with zero attached hydrogens (tertiary/aromatic N) is 1. The number of likely N-dealkylation sites (N-methyl/N-ethyl adjacent to an activating group) is 1. The van der Waals surface area contributed by atoms with Gasteiger partial charge in [-0.1, -0.05) is 23.4 Å². The molecule has 68 valence electrons. The Morgan fingerprint density at radius 3 is 2.75 bits per heavy atom. The maximum Gasteiger partial charge on any atom is 0.267 e. The van der Waals surface area contributed by atoms with E-state index in [9.17, 15) is 4.79 Å². The van der Waals surface area contributed by atoms with Crippen LogP contribution in [0.5, 0.6) is 0 Å². The average Bonchev–Trinajstić information content (AvgIpc) is 2.24. The molecule has 4 nitrogen and oxygen atoms in total. The van der Waals surface area contributed by atoms with E-state index in [2.05, 4.69) is 0 Å². The largest absolute Gasteiger partial charge is 0.364 e. The molecule has 1 aliphatic heterocycles. The summed E-state index contributed by atoms with van der Waals surface area (Å²) in [5, 5.41) is 0. The van der Waals surface area contributed by atoms with Crippen LogP contribution >= 0.6 is 23.4 Å². The van der Waals surface area contributed by atoms with E-state index in [0.29, 0.717) is 16.6 Å². The number of carbonyl (C=O) groups excluding carboxylic acids is 1. The summed E-state index contributed by atoms with van der Waals surface area (Å²) in [6.07, 6.45) is 0. The van der Waals surface area contributed by atoms with Crippen LogP contribution in [0.15, 0.2) is 10.1 Å². The van der Waals surface area contributed by atoms with Crippen LogP contribution < -0.4 is 11.5 Å². The van der Waals surface area contributed by atoms with E-state index in [-0.39, 0.29) is 5.50 Å². The Labute approximate surface area is 79.9 Å². The van der Waals surface area contributed by atoms with Crippen molar-refractivity contribution in [1.82, 2.24) is 4.90 Å². The predicted molar refractivity (Wildman–Crippen MR) is 50.0 cm³/mol. The first-order valence-electron chi connectivity index (χ1n) is 3.46. The number of thioether (sulfide) groups is 1. The summed E-state index contributed by atoms with van der Waals surface area (Å²) in [7, 11) is 0. The highest BCUT2D eigenvalue weighted by atomic mass is 35.5. The molecule has 1 rings (SSSR count). The molecule has 6 heteroatoms. The molecule has 0 aromatic rings. The molecule has 0 saturated heterocycles. The summed E-state index contributed by atoms with van der Waals surface area (Å²) in [5.74, 6) is -0.526. The Hall–Kier alpha value is -0.390. The third-order valence-corrected chi connectivity index (χ3v) is 2.92. The minimum absolute atomic E-state index is 0.287. The van der Waals surface area contributed by atoms with E-state index in [1.54, 1.807) is 4.90 Å². The number of primary amides is 1. The van der Waals surface area contributed by atoms with Gasteiger partial charge in [-0.25, -0.2) is 0 Å². The van der Waals surface area contributed by atoms with Gasteiger partial charge in [0.15, 0.2) is 0 Å². The molecule has 0 fully saturated rings. The highest BCUT2D eigenvalue weighted by molar-refractivity contribution is 8.05. The van der Waals surface area contributed by atoms with E-state index in [1.165, 1.54) is 11.8 Å². The summed E-state index contributed by atoms with van der Waals surface area (Å²) < 4.78 is 0.386. The average molecular weight is 208 g/mol. The second-order valence-electron chi connectivity index (χ2n) is 2.28. The molecule has 1 heterocycles. The molecule has 1 unspecified atom stereocenters. The van der Waals surface area contributed by atoms with Crippen molar-refractivity contribution in [2.45, 2.75) is 12.4 Å². The van der Waals surface area contributed by atoms with E-state index < -0.39 is 5.91 Å². The molecule has 4 N–H and O–H groups in total. The van der Waals surface area contributed by atoms with Crippen molar-refractivity contribution in [2.24, 2.45) is 11.5 Å². The van der Waals surface area contributed by atoms with Crippen LogP contribution in [-0.2, 0) is 4.79 Å². The summed E-state index contributed by atoms with van der Waals surface area (Å²) >= 11 is 7.00. The molecule has 0 aromatic carbocycles. The first-order chi connectivity index (χ1) is 5.57. The second kappa shape index (κ2) is 3.55. The van der Waals surface area contributed by atoms with Crippen LogP contribution in [0.4, 0.5) is 0 Å². The predicted octanol–water partition coefficient (Wildman–Crippen LogP) is 0.191. The van der Waals surface area contributed by atoms with Crippen LogP contribution in [-0.4, -0.2) is 22.8 Å². The minimum atomic E-state index is -0.526. The fraction of sp³-hybridized carbons (Fsp3) is 0.500. The molecule has 1 amide bonds. The van der Waals surface area contributed by atoms with Crippen LogP contribution in [0.1, 0.15) is 6.92 Å². The Kier molecular flexibility index (Phi) is 2.87. The van der Waals surface area contributed by atoms with Gasteiger partial charge in [-0.05, 0) is 6.92 Å². The maximum absolute atomic E-state index is 10.9. The maximum atomic E-state index is 10.9. The first-order valence-corrected chi connectivity index (χ1v) is 4.72. The van der Waals surface area contributed by atoms with Gasteiger partial charge < -0.3 is 16.4 Å². The fourth-order valence-electron chi connectivity index (χ4n) is 1.04. The highest BCUT2D eigenvalue weighted by Crippen LogP contribution is 2.37. The lowest BCUT2D eigenvalue weighted by Crippen LogP contribution is -2.38. The Balaban J connectivity index is 2.92. The van der Waals surface area contributed by atoms with Crippen molar-refractivity contribution in [3.63, 3.8) is 0 Å². The van der Waals surface area contributed by atoms with E-state index in [0.717, 1.165) is 0 Å². The Bertz CT molecular complexity index is 243. The molecule has 0 saturated carbocycles. The normalized spacial score (nSPS) is 23.6. The van der Waals surface area contributed by atoms with Crippen molar-refractivity contribution >= 4 is 29.3 Å². The Morgan fingerprint density at radius 1 is 1.83 bits per heavy atom. The molecule has 0 aliphatic carbocycles. The van der Waals surface area contributed by atoms with Crippen molar-refractivity contribution < 1.29 is 4.79 Å². The van der Waals surface area contributed by atoms with Gasteiger partial charge in [-0.3, -0.25) is 4.79 Å². The van der Waals surface area contributed by atoms with E-state index in [1.807, 2.05) is 6.92 Å². The third kappa shape index (κ3) is 1.53. The van der Waals surface area contributed by atoms with Crippen molar-refractivity contribution in [3.8, 4) is 0 Å². The van der Waals surface area contributed by atoms with Crippen molar-refractivity contribution in [1.29, 1.82) is 0 Å². The molecule has 0 spiro atoms. The lowest BCUT2D eigenvalue weighted by Gasteiger charge is -2.21. The van der Waals surface area contributed by atoms with Gasteiger partial charge in [0.25, 0.3) is 5.91 Å². The van der Waals surface area contributed by atoms with Crippen LogP contribution in [0.3, 0.4) is 0 Å². The third-order valence-electron chi connectivity index (χ3n) is 1.58. The quantitative estimate of drug-likeness (QED) is 0.678. The molecule has 0 aromatic heterocycles. The van der Waals surface area contributed by atoms with Crippen LogP contribution in [0.25, 0.3) is 0 Å². The van der Waals surface area contributed by atoms with Gasteiger partial charge in [0.05, 0.1) is 0 Å². The zero-order chi connectivity index (χ0) is 9.30. The number of halogens is 1. The van der Waals surface area contributed by atoms with Gasteiger partial charge in [0, 0.05) is 6.54 Å². The highest BCUT2D eigenvalue weighted by Gasteiger charge is 2.31. The lowest BCUT2D eigenvalue weighted by atomic mass is 10.4. The molecule has 0 bridgehead atoms.